The molecule has 0 bridgehead atoms. The van der Waals surface area contributed by atoms with Crippen LogP contribution in [0.25, 0.3) is 0 Å². The molecule has 0 aliphatic rings. The first kappa shape index (κ1) is 14.2. The monoisotopic (exact) mass is 292 g/mol. The molecule has 0 amide bonds. The summed E-state index contributed by atoms with van der Waals surface area (Å²) in [7, 11) is 0. The average Bonchev–Trinajstić information content (AvgIpc) is 2.41. The number of hydrogen-bond donors (Lipinski definition) is 1. The molecule has 0 spiro atoms. The highest BCUT2D eigenvalue weighted by Gasteiger charge is 2.18. The highest BCUT2D eigenvalue weighted by Crippen LogP contribution is 2.30. The molecule has 0 fully saturated rings. The number of nitro benzene ring substituents is 1. The van der Waals surface area contributed by atoms with Crippen molar-refractivity contribution in [1.82, 2.24) is 9.97 Å². The highest BCUT2D eigenvalue weighted by atomic mass is 35.5. The lowest BCUT2D eigenvalue weighted by Crippen LogP contribution is -2.12. The zero-order valence-electron chi connectivity index (χ0n) is 11.0. The molecule has 0 saturated heterocycles. The summed E-state index contributed by atoms with van der Waals surface area (Å²) in [6, 6.07) is 4.30. The van der Waals surface area contributed by atoms with E-state index in [1.54, 1.807) is 24.5 Å². The van der Waals surface area contributed by atoms with Crippen molar-refractivity contribution in [1.29, 1.82) is 0 Å². The fourth-order valence-corrected chi connectivity index (χ4v) is 2.09. The van der Waals surface area contributed by atoms with Gasteiger partial charge in [-0.25, -0.2) is 0 Å². The van der Waals surface area contributed by atoms with E-state index in [0.717, 1.165) is 11.4 Å². The van der Waals surface area contributed by atoms with Crippen LogP contribution in [0.3, 0.4) is 0 Å². The zero-order valence-corrected chi connectivity index (χ0v) is 11.8. The molecular weight excluding hydrogens is 280 g/mol. The van der Waals surface area contributed by atoms with E-state index in [2.05, 4.69) is 15.3 Å². The van der Waals surface area contributed by atoms with Gasteiger partial charge in [0, 0.05) is 23.5 Å². The van der Waals surface area contributed by atoms with E-state index in [1.165, 1.54) is 6.07 Å². The van der Waals surface area contributed by atoms with Gasteiger partial charge in [-0.1, -0.05) is 11.6 Å². The third-order valence-corrected chi connectivity index (χ3v) is 3.09. The first-order valence-electron chi connectivity index (χ1n) is 5.97. The van der Waals surface area contributed by atoms with E-state index in [9.17, 15) is 10.1 Å². The smallest absolute Gasteiger partial charge is 0.293 e. The summed E-state index contributed by atoms with van der Waals surface area (Å²) in [6.45, 7) is 3.71. The van der Waals surface area contributed by atoms with Crippen LogP contribution in [0.4, 0.5) is 11.4 Å². The lowest BCUT2D eigenvalue weighted by atomic mass is 10.1. The number of nitrogens with zero attached hydrogens (tertiary/aromatic N) is 3. The molecule has 1 aromatic carbocycles. The molecule has 2 aromatic rings. The van der Waals surface area contributed by atoms with Crippen LogP contribution in [0, 0.1) is 17.0 Å². The van der Waals surface area contributed by atoms with Crippen LogP contribution < -0.4 is 5.32 Å². The molecule has 1 atom stereocenters. The Labute approximate surface area is 121 Å². The highest BCUT2D eigenvalue weighted by molar-refractivity contribution is 6.30. The fraction of sp³-hybridized carbons (Fsp3) is 0.231. The van der Waals surface area contributed by atoms with Gasteiger partial charge in [0.15, 0.2) is 0 Å². The maximum Gasteiger partial charge on any atom is 0.293 e. The molecule has 2 rings (SSSR count). The van der Waals surface area contributed by atoms with Crippen LogP contribution >= 0.6 is 11.6 Å². The van der Waals surface area contributed by atoms with E-state index in [-0.39, 0.29) is 11.7 Å². The predicted molar refractivity (Wildman–Crippen MR) is 76.9 cm³/mol. The van der Waals surface area contributed by atoms with Crippen LogP contribution in [0.15, 0.2) is 30.6 Å². The Balaban J connectivity index is 2.31. The SMILES string of the molecule is Cc1nccnc1C(C)Nc1ccc(Cl)cc1[N+](=O)[O-]. The molecule has 6 nitrogen and oxygen atoms in total. The number of hydrogen-bond acceptors (Lipinski definition) is 5. The van der Waals surface area contributed by atoms with Crippen molar-refractivity contribution in [2.45, 2.75) is 19.9 Å². The predicted octanol–water partition coefficient (Wildman–Crippen LogP) is 3.52. The van der Waals surface area contributed by atoms with Crippen molar-refractivity contribution in [3.63, 3.8) is 0 Å². The lowest BCUT2D eigenvalue weighted by Gasteiger charge is -2.16. The second-order valence-corrected chi connectivity index (χ2v) is 4.75. The molecule has 20 heavy (non-hydrogen) atoms. The number of anilines is 1. The number of aryl methyl sites for hydroxylation is 1. The van der Waals surface area contributed by atoms with Gasteiger partial charge in [0.05, 0.1) is 22.4 Å². The zero-order chi connectivity index (χ0) is 14.7. The molecule has 1 N–H and O–H groups in total. The summed E-state index contributed by atoms with van der Waals surface area (Å²) in [5.74, 6) is 0. The van der Waals surface area contributed by atoms with E-state index < -0.39 is 4.92 Å². The Bertz CT molecular complexity index is 648. The third kappa shape index (κ3) is 3.03. The van der Waals surface area contributed by atoms with Gasteiger partial charge >= 0.3 is 0 Å². The van der Waals surface area contributed by atoms with Gasteiger partial charge in [0.2, 0.25) is 0 Å². The van der Waals surface area contributed by atoms with E-state index in [0.29, 0.717) is 10.7 Å². The minimum atomic E-state index is -0.468. The number of nitrogens with one attached hydrogen (secondary N) is 1. The van der Waals surface area contributed by atoms with Crippen LogP contribution in [-0.4, -0.2) is 14.9 Å². The van der Waals surface area contributed by atoms with Crippen molar-refractivity contribution in [2.75, 3.05) is 5.32 Å². The average molecular weight is 293 g/mol. The van der Waals surface area contributed by atoms with Crippen molar-refractivity contribution in [3.05, 3.63) is 57.1 Å². The molecule has 0 aliphatic carbocycles. The summed E-state index contributed by atoms with van der Waals surface area (Å²) in [5, 5.41) is 14.4. The van der Waals surface area contributed by atoms with Crippen LogP contribution in [0.1, 0.15) is 24.4 Å². The van der Waals surface area contributed by atoms with E-state index in [4.69, 9.17) is 11.6 Å². The van der Waals surface area contributed by atoms with Crippen LogP contribution in [0.2, 0.25) is 5.02 Å². The summed E-state index contributed by atoms with van der Waals surface area (Å²) < 4.78 is 0. The Morgan fingerprint density at radius 1 is 1.35 bits per heavy atom. The summed E-state index contributed by atoms with van der Waals surface area (Å²) in [5.41, 5.74) is 1.86. The molecule has 7 heteroatoms. The minimum Gasteiger partial charge on any atom is -0.371 e. The molecule has 1 heterocycles. The van der Waals surface area contributed by atoms with E-state index in [1.807, 2.05) is 13.8 Å². The molecule has 0 radical (unpaired) electrons. The maximum atomic E-state index is 11.0. The van der Waals surface area contributed by atoms with Crippen molar-refractivity contribution in [3.8, 4) is 0 Å². The topological polar surface area (TPSA) is 81.0 Å². The summed E-state index contributed by atoms with van der Waals surface area (Å²) in [6.07, 6.45) is 3.20. The Morgan fingerprint density at radius 2 is 2.05 bits per heavy atom. The molecule has 0 saturated carbocycles. The minimum absolute atomic E-state index is 0.0640. The maximum absolute atomic E-state index is 11.0. The van der Waals surface area contributed by atoms with Crippen molar-refractivity contribution >= 4 is 23.0 Å². The molecule has 104 valence electrons. The second kappa shape index (κ2) is 5.83. The summed E-state index contributed by atoms with van der Waals surface area (Å²) in [4.78, 5) is 19.0. The Hall–Kier alpha value is -2.21. The molecule has 0 aliphatic heterocycles. The van der Waals surface area contributed by atoms with Gasteiger partial charge in [-0.05, 0) is 26.0 Å². The van der Waals surface area contributed by atoms with Gasteiger partial charge in [-0.2, -0.15) is 0 Å². The van der Waals surface area contributed by atoms with Gasteiger partial charge in [-0.3, -0.25) is 20.1 Å². The second-order valence-electron chi connectivity index (χ2n) is 4.31. The van der Waals surface area contributed by atoms with Crippen LogP contribution in [-0.2, 0) is 0 Å². The standard InChI is InChI=1S/C13H13ClN4O2/c1-8-13(16-6-5-15-8)9(2)17-11-4-3-10(14)7-12(11)18(19)20/h3-7,9,17H,1-2H3. The van der Waals surface area contributed by atoms with Gasteiger partial charge in [-0.15, -0.1) is 0 Å². The first-order chi connectivity index (χ1) is 9.49. The van der Waals surface area contributed by atoms with Gasteiger partial charge < -0.3 is 5.32 Å². The normalized spacial score (nSPS) is 11.9. The van der Waals surface area contributed by atoms with Gasteiger partial charge in [0.25, 0.3) is 5.69 Å². The number of halogens is 1. The van der Waals surface area contributed by atoms with E-state index >= 15 is 0 Å². The Morgan fingerprint density at radius 3 is 2.70 bits per heavy atom. The number of aromatic nitrogens is 2. The summed E-state index contributed by atoms with van der Waals surface area (Å²) >= 11 is 5.79. The third-order valence-electron chi connectivity index (χ3n) is 2.86. The first-order valence-corrected chi connectivity index (χ1v) is 6.35. The van der Waals surface area contributed by atoms with Crippen molar-refractivity contribution < 1.29 is 4.92 Å². The largest absolute Gasteiger partial charge is 0.371 e. The number of benzene rings is 1. The number of nitro groups is 1. The Kier molecular flexibility index (Phi) is 4.14. The number of rotatable bonds is 4. The molecule has 1 unspecified atom stereocenters. The van der Waals surface area contributed by atoms with Crippen LogP contribution in [0.5, 0.6) is 0 Å². The fourth-order valence-electron chi connectivity index (χ4n) is 1.92. The quantitative estimate of drug-likeness (QED) is 0.689. The lowest BCUT2D eigenvalue weighted by molar-refractivity contribution is -0.384. The molecule has 1 aromatic heterocycles. The molecular formula is C13H13ClN4O2. The van der Waals surface area contributed by atoms with Gasteiger partial charge in [0.1, 0.15) is 5.69 Å². The van der Waals surface area contributed by atoms with Crippen molar-refractivity contribution in [2.24, 2.45) is 0 Å².